The molecule has 0 aromatic heterocycles. The van der Waals surface area contributed by atoms with Gasteiger partial charge in [0.25, 0.3) is 0 Å². The van der Waals surface area contributed by atoms with Crippen molar-refractivity contribution >= 4 is 23.4 Å². The predicted octanol–water partition coefficient (Wildman–Crippen LogP) is 4.26. The van der Waals surface area contributed by atoms with Crippen molar-refractivity contribution in [3.05, 3.63) is 42.0 Å². The Labute approximate surface area is 157 Å². The third kappa shape index (κ3) is 5.22. The zero-order valence-electron chi connectivity index (χ0n) is 14.3. The molecule has 0 saturated carbocycles. The van der Waals surface area contributed by atoms with Gasteiger partial charge in [0.05, 0.1) is 12.1 Å². The minimum atomic E-state index is -4.74. The highest BCUT2D eigenvalue weighted by Gasteiger charge is 2.31. The van der Waals surface area contributed by atoms with Crippen LogP contribution in [0.5, 0.6) is 17.2 Å². The van der Waals surface area contributed by atoms with Gasteiger partial charge in [-0.25, -0.2) is 0 Å². The number of thioether (sulfide) groups is 1. The quantitative estimate of drug-likeness (QED) is 0.762. The largest absolute Gasteiger partial charge is 0.573 e. The zero-order chi connectivity index (χ0) is 19.4. The number of hydrogen-bond acceptors (Lipinski definition) is 5. The summed E-state index contributed by atoms with van der Waals surface area (Å²) in [4.78, 5) is 13.1. The lowest BCUT2D eigenvalue weighted by Crippen LogP contribution is -2.18. The predicted molar refractivity (Wildman–Crippen MR) is 94.7 cm³/mol. The molecular weight excluding hydrogens is 383 g/mol. The number of amides is 1. The molecule has 3 rings (SSSR count). The van der Waals surface area contributed by atoms with E-state index in [2.05, 4.69) is 10.1 Å². The third-order valence-corrected chi connectivity index (χ3v) is 4.44. The lowest BCUT2D eigenvalue weighted by molar-refractivity contribution is -0.274. The summed E-state index contributed by atoms with van der Waals surface area (Å²) in [7, 11) is 0. The van der Waals surface area contributed by atoms with Gasteiger partial charge in [-0.05, 0) is 30.0 Å². The van der Waals surface area contributed by atoms with Gasteiger partial charge in [0.2, 0.25) is 5.91 Å². The van der Waals surface area contributed by atoms with Crippen molar-refractivity contribution in [1.82, 2.24) is 0 Å². The van der Waals surface area contributed by atoms with Crippen molar-refractivity contribution in [3.8, 4) is 17.2 Å². The Morgan fingerprint density at radius 2 is 1.78 bits per heavy atom. The summed E-state index contributed by atoms with van der Waals surface area (Å²) in [6.45, 7) is 0.909. The number of rotatable bonds is 5. The molecule has 27 heavy (non-hydrogen) atoms. The lowest BCUT2D eigenvalue weighted by Gasteiger charge is -2.21. The van der Waals surface area contributed by atoms with E-state index in [0.717, 1.165) is 4.90 Å². The summed E-state index contributed by atoms with van der Waals surface area (Å²) in [6.07, 6.45) is -2.86. The first-order valence-corrected chi connectivity index (χ1v) is 9.19. The summed E-state index contributed by atoms with van der Waals surface area (Å²) < 4.78 is 51.4. The van der Waals surface area contributed by atoms with Crippen LogP contribution in [0.4, 0.5) is 18.9 Å². The van der Waals surface area contributed by atoms with Gasteiger partial charge in [-0.15, -0.1) is 24.9 Å². The number of nitrogens with one attached hydrogen (secondary N) is 1. The fraction of sp³-hybridized carbons (Fsp3) is 0.278. The maximum Gasteiger partial charge on any atom is 0.573 e. The van der Waals surface area contributed by atoms with E-state index < -0.39 is 6.36 Å². The summed E-state index contributed by atoms with van der Waals surface area (Å²) in [5.41, 5.74) is 1.15. The Kier molecular flexibility index (Phi) is 5.69. The molecule has 5 nitrogen and oxygen atoms in total. The number of fused-ring (bicyclic) bond motifs is 1. The number of anilines is 1. The monoisotopic (exact) mass is 399 g/mol. The van der Waals surface area contributed by atoms with Crippen molar-refractivity contribution in [3.63, 3.8) is 0 Å². The first kappa shape index (κ1) is 19.2. The molecule has 0 radical (unpaired) electrons. The van der Waals surface area contributed by atoms with E-state index in [9.17, 15) is 18.0 Å². The second kappa shape index (κ2) is 7.99. The average Bonchev–Trinajstić information content (AvgIpc) is 2.61. The Balaban J connectivity index is 1.67. The maximum absolute atomic E-state index is 12.3. The van der Waals surface area contributed by atoms with Crippen molar-refractivity contribution in [2.24, 2.45) is 0 Å². The van der Waals surface area contributed by atoms with Crippen molar-refractivity contribution < 1.29 is 32.2 Å². The Bertz CT molecular complexity index is 825. The number of hydrogen-bond donors (Lipinski definition) is 1. The van der Waals surface area contributed by atoms with E-state index >= 15 is 0 Å². The van der Waals surface area contributed by atoms with Crippen LogP contribution in [0.2, 0.25) is 0 Å². The molecular formula is C18H16F3NO4S. The second-order valence-electron chi connectivity index (χ2n) is 5.61. The van der Waals surface area contributed by atoms with Crippen LogP contribution in [-0.4, -0.2) is 31.7 Å². The minimum absolute atomic E-state index is 0.00849. The minimum Gasteiger partial charge on any atom is -0.486 e. The summed E-state index contributed by atoms with van der Waals surface area (Å²) in [5.74, 6) is 0.557. The molecule has 0 fully saturated rings. The zero-order valence-corrected chi connectivity index (χ0v) is 15.1. The molecule has 1 aliphatic rings. The van der Waals surface area contributed by atoms with Crippen LogP contribution >= 0.6 is 11.8 Å². The summed E-state index contributed by atoms with van der Waals surface area (Å²) in [6, 6.07) is 8.69. The smallest absolute Gasteiger partial charge is 0.486 e. The molecule has 0 atom stereocenters. The molecule has 0 aliphatic carbocycles. The first-order chi connectivity index (χ1) is 12.8. The number of carbonyl (C=O) groups excluding carboxylic acids is 1. The number of halogens is 3. The van der Waals surface area contributed by atoms with Gasteiger partial charge in [-0.2, -0.15) is 0 Å². The molecule has 1 N–H and O–H groups in total. The highest BCUT2D eigenvalue weighted by Crippen LogP contribution is 2.39. The van der Waals surface area contributed by atoms with Gasteiger partial charge >= 0.3 is 6.36 Å². The van der Waals surface area contributed by atoms with Crippen LogP contribution in [0.25, 0.3) is 0 Å². The van der Waals surface area contributed by atoms with Crippen LogP contribution in [-0.2, 0) is 11.2 Å². The molecule has 144 valence electrons. The molecule has 2 aromatic carbocycles. The molecule has 1 aliphatic heterocycles. The van der Waals surface area contributed by atoms with Gasteiger partial charge in [0.1, 0.15) is 19.0 Å². The first-order valence-electron chi connectivity index (χ1n) is 7.96. The number of carbonyl (C=O) groups is 1. The summed E-state index contributed by atoms with van der Waals surface area (Å²) in [5, 5.41) is 2.81. The van der Waals surface area contributed by atoms with Gasteiger partial charge in [0.15, 0.2) is 11.5 Å². The lowest BCUT2D eigenvalue weighted by atomic mass is 10.1. The number of benzene rings is 2. The van der Waals surface area contributed by atoms with Crippen LogP contribution in [0.15, 0.2) is 41.3 Å². The van der Waals surface area contributed by atoms with E-state index in [1.165, 1.54) is 36.0 Å². The van der Waals surface area contributed by atoms with E-state index in [0.29, 0.717) is 36.0 Å². The van der Waals surface area contributed by atoms with E-state index in [-0.39, 0.29) is 18.1 Å². The van der Waals surface area contributed by atoms with Crippen LogP contribution < -0.4 is 19.5 Å². The number of ether oxygens (including phenoxy) is 3. The van der Waals surface area contributed by atoms with Gasteiger partial charge in [-0.3, -0.25) is 4.79 Å². The number of alkyl halides is 3. The highest BCUT2D eigenvalue weighted by atomic mass is 32.2. The fourth-order valence-corrected chi connectivity index (χ4v) is 3.08. The summed E-state index contributed by atoms with van der Waals surface area (Å²) >= 11 is 1.45. The van der Waals surface area contributed by atoms with Gasteiger partial charge < -0.3 is 19.5 Å². The Morgan fingerprint density at radius 3 is 2.37 bits per heavy atom. The highest BCUT2D eigenvalue weighted by molar-refractivity contribution is 7.98. The Morgan fingerprint density at radius 1 is 1.15 bits per heavy atom. The Hall–Kier alpha value is -2.55. The van der Waals surface area contributed by atoms with Crippen molar-refractivity contribution in [1.29, 1.82) is 0 Å². The van der Waals surface area contributed by atoms with Gasteiger partial charge in [-0.1, -0.05) is 12.1 Å². The molecule has 1 amide bonds. The van der Waals surface area contributed by atoms with Crippen LogP contribution in [0, 0.1) is 0 Å². The van der Waals surface area contributed by atoms with Crippen molar-refractivity contribution in [2.45, 2.75) is 17.7 Å². The average molecular weight is 399 g/mol. The SMILES string of the molecule is CSc1cc2c(cc1NC(=O)Cc1ccc(OC(F)(F)F)cc1)OCCO2. The van der Waals surface area contributed by atoms with Crippen LogP contribution in [0.1, 0.15) is 5.56 Å². The van der Waals surface area contributed by atoms with Gasteiger partial charge in [0, 0.05) is 11.0 Å². The third-order valence-electron chi connectivity index (χ3n) is 3.66. The van der Waals surface area contributed by atoms with Crippen LogP contribution in [0.3, 0.4) is 0 Å². The molecule has 2 aromatic rings. The topological polar surface area (TPSA) is 56.8 Å². The molecule has 0 unspecified atom stereocenters. The van der Waals surface area contributed by atoms with E-state index in [1.54, 1.807) is 12.1 Å². The molecule has 0 bridgehead atoms. The normalized spacial score (nSPS) is 13.2. The fourth-order valence-electron chi connectivity index (χ4n) is 2.53. The van der Waals surface area contributed by atoms with Crippen molar-refractivity contribution in [2.75, 3.05) is 24.8 Å². The molecule has 1 heterocycles. The molecule has 0 saturated heterocycles. The van der Waals surface area contributed by atoms with E-state index in [1.807, 2.05) is 6.26 Å². The standard InChI is InChI=1S/C18H16F3NO4S/c1-27-16-10-15-14(24-6-7-25-15)9-13(16)22-17(23)8-11-2-4-12(5-3-11)26-18(19,20)21/h2-5,9-10H,6-8H2,1H3,(H,22,23). The molecule has 9 heteroatoms. The second-order valence-corrected chi connectivity index (χ2v) is 6.46. The van der Waals surface area contributed by atoms with E-state index in [4.69, 9.17) is 9.47 Å². The molecule has 0 spiro atoms. The maximum atomic E-state index is 12.3.